The molecule has 10 nitrogen and oxygen atoms in total. The van der Waals surface area contributed by atoms with E-state index < -0.39 is 6.03 Å². The van der Waals surface area contributed by atoms with Gasteiger partial charge in [-0.25, -0.2) is 14.3 Å². The van der Waals surface area contributed by atoms with E-state index >= 15 is 0 Å². The minimum atomic E-state index is -0.428. The number of carbonyl (C=O) groups is 1. The summed E-state index contributed by atoms with van der Waals surface area (Å²) in [4.78, 5) is 28.7. The number of carbonyl (C=O) groups excluding carboxylic acids is 1. The third-order valence-electron chi connectivity index (χ3n) is 4.20. The summed E-state index contributed by atoms with van der Waals surface area (Å²) >= 11 is 0. The van der Waals surface area contributed by atoms with E-state index in [0.717, 1.165) is 0 Å². The zero-order chi connectivity index (χ0) is 20.8. The largest absolute Gasteiger partial charge is 0.497 e. The molecule has 0 bridgehead atoms. The molecule has 0 atom stereocenters. The number of pyridine rings is 1. The number of nitrogens with zero attached hydrogens (tertiary/aromatic N) is 4. The molecule has 0 radical (unpaired) electrons. The Morgan fingerprint density at radius 1 is 1.17 bits per heavy atom. The first-order valence-corrected chi connectivity index (χ1v) is 8.85. The fourth-order valence-corrected chi connectivity index (χ4v) is 2.70. The highest BCUT2D eigenvalue weighted by molar-refractivity contribution is 5.91. The molecule has 3 rings (SSSR count). The topological polar surface area (TPSA) is 112 Å². The van der Waals surface area contributed by atoms with Crippen molar-refractivity contribution >= 4 is 11.7 Å². The zero-order valence-electron chi connectivity index (χ0n) is 16.4. The van der Waals surface area contributed by atoms with E-state index in [4.69, 9.17) is 9.47 Å². The average Bonchev–Trinajstić information content (AvgIpc) is 3.03. The molecule has 2 N–H and O–H groups in total. The first-order valence-electron chi connectivity index (χ1n) is 8.85. The van der Waals surface area contributed by atoms with Crippen molar-refractivity contribution in [2.24, 2.45) is 7.05 Å². The van der Waals surface area contributed by atoms with Crippen LogP contribution >= 0.6 is 0 Å². The van der Waals surface area contributed by atoms with E-state index in [9.17, 15) is 9.59 Å². The van der Waals surface area contributed by atoms with Gasteiger partial charge in [-0.2, -0.15) is 0 Å². The summed E-state index contributed by atoms with van der Waals surface area (Å²) in [5.74, 6) is 1.55. The summed E-state index contributed by atoms with van der Waals surface area (Å²) in [5.41, 5.74) is 0.811. The summed E-state index contributed by atoms with van der Waals surface area (Å²) in [5, 5.41) is 9.70. The molecule has 0 spiro atoms. The second-order valence-electron chi connectivity index (χ2n) is 6.05. The van der Waals surface area contributed by atoms with Gasteiger partial charge in [-0.1, -0.05) is 6.07 Å². The lowest BCUT2D eigenvalue weighted by molar-refractivity contribution is 0.251. The van der Waals surface area contributed by atoms with Crippen molar-refractivity contribution in [2.75, 3.05) is 26.1 Å². The molecule has 10 heteroatoms. The van der Waals surface area contributed by atoms with Gasteiger partial charge in [0.15, 0.2) is 5.82 Å². The Labute approximate surface area is 167 Å². The van der Waals surface area contributed by atoms with Crippen LogP contribution in [0.4, 0.5) is 10.5 Å². The van der Waals surface area contributed by atoms with Crippen molar-refractivity contribution < 1.29 is 14.3 Å². The van der Waals surface area contributed by atoms with Crippen LogP contribution in [0, 0.1) is 0 Å². The van der Waals surface area contributed by atoms with Gasteiger partial charge in [0.05, 0.1) is 26.5 Å². The molecule has 2 aromatic heterocycles. The van der Waals surface area contributed by atoms with E-state index in [-0.39, 0.29) is 18.8 Å². The van der Waals surface area contributed by atoms with Crippen molar-refractivity contribution in [1.29, 1.82) is 0 Å². The van der Waals surface area contributed by atoms with Crippen LogP contribution in [0.3, 0.4) is 0 Å². The lowest BCUT2D eigenvalue weighted by Crippen LogP contribution is -2.34. The number of amides is 2. The summed E-state index contributed by atoms with van der Waals surface area (Å²) in [7, 11) is 4.68. The molecular formula is C19H22N6O4. The van der Waals surface area contributed by atoms with Crippen LogP contribution in [0.5, 0.6) is 11.5 Å². The second-order valence-corrected chi connectivity index (χ2v) is 6.05. The quantitative estimate of drug-likeness (QED) is 0.623. The van der Waals surface area contributed by atoms with E-state index in [1.54, 1.807) is 50.7 Å². The summed E-state index contributed by atoms with van der Waals surface area (Å²) in [6.45, 7) is 0.426. The molecule has 0 saturated heterocycles. The Morgan fingerprint density at radius 2 is 2.00 bits per heavy atom. The maximum Gasteiger partial charge on any atom is 0.346 e. The molecule has 2 heterocycles. The molecule has 0 aliphatic heterocycles. The van der Waals surface area contributed by atoms with E-state index in [1.165, 1.54) is 16.4 Å². The Bertz CT molecular complexity index is 1040. The Balaban J connectivity index is 1.61. The Morgan fingerprint density at radius 3 is 2.69 bits per heavy atom. The molecule has 29 heavy (non-hydrogen) atoms. The fourth-order valence-electron chi connectivity index (χ4n) is 2.70. The number of aromatic nitrogens is 4. The monoisotopic (exact) mass is 398 g/mol. The average molecular weight is 398 g/mol. The highest BCUT2D eigenvalue weighted by atomic mass is 16.5. The molecular weight excluding hydrogens is 376 g/mol. The van der Waals surface area contributed by atoms with Gasteiger partial charge in [-0.15, -0.1) is 5.10 Å². The van der Waals surface area contributed by atoms with Gasteiger partial charge in [0, 0.05) is 25.9 Å². The molecule has 0 aliphatic carbocycles. The number of nitrogens with one attached hydrogen (secondary N) is 2. The SMILES string of the molecule is COc1ccc(NC(=O)NCCn2nc(-c3ccccn3)n(C)c2=O)c(OC)c1. The first-order chi connectivity index (χ1) is 14.0. The van der Waals surface area contributed by atoms with Crippen LogP contribution in [0.15, 0.2) is 47.4 Å². The standard InChI is InChI=1S/C19H22N6O4/c1-24-17(15-6-4-5-9-20-15)23-25(19(24)27)11-10-21-18(26)22-14-8-7-13(28-2)12-16(14)29-3/h4-9,12H,10-11H2,1-3H3,(H2,21,22,26). The molecule has 3 aromatic rings. The van der Waals surface area contributed by atoms with Crippen LogP contribution in [0.25, 0.3) is 11.5 Å². The lowest BCUT2D eigenvalue weighted by Gasteiger charge is -2.12. The number of ether oxygens (including phenoxy) is 2. The van der Waals surface area contributed by atoms with Gasteiger partial charge in [-0.3, -0.25) is 9.55 Å². The maximum absolute atomic E-state index is 12.4. The summed E-state index contributed by atoms with van der Waals surface area (Å²) in [6.07, 6.45) is 1.64. The highest BCUT2D eigenvalue weighted by Crippen LogP contribution is 2.28. The van der Waals surface area contributed by atoms with Crippen molar-refractivity contribution in [3.8, 4) is 23.0 Å². The predicted molar refractivity (Wildman–Crippen MR) is 107 cm³/mol. The van der Waals surface area contributed by atoms with E-state index in [0.29, 0.717) is 28.7 Å². The van der Waals surface area contributed by atoms with Crippen molar-refractivity contribution in [2.45, 2.75) is 6.54 Å². The van der Waals surface area contributed by atoms with Gasteiger partial charge in [0.2, 0.25) is 0 Å². The van der Waals surface area contributed by atoms with Gasteiger partial charge in [0.25, 0.3) is 0 Å². The van der Waals surface area contributed by atoms with Crippen molar-refractivity contribution in [3.05, 3.63) is 53.1 Å². The van der Waals surface area contributed by atoms with Gasteiger partial charge in [-0.05, 0) is 24.3 Å². The third kappa shape index (κ3) is 4.54. The first kappa shape index (κ1) is 19.9. The van der Waals surface area contributed by atoms with E-state index in [1.807, 2.05) is 6.07 Å². The smallest absolute Gasteiger partial charge is 0.346 e. The third-order valence-corrected chi connectivity index (χ3v) is 4.20. The number of methoxy groups -OCH3 is 2. The number of hydrogen-bond donors (Lipinski definition) is 2. The number of hydrogen-bond acceptors (Lipinski definition) is 6. The van der Waals surface area contributed by atoms with E-state index in [2.05, 4.69) is 20.7 Å². The van der Waals surface area contributed by atoms with Gasteiger partial charge >= 0.3 is 11.7 Å². The second kappa shape index (κ2) is 8.91. The number of benzene rings is 1. The minimum Gasteiger partial charge on any atom is -0.497 e. The predicted octanol–water partition coefficient (Wildman–Crippen LogP) is 1.48. The van der Waals surface area contributed by atoms with Gasteiger partial charge < -0.3 is 20.1 Å². The number of anilines is 1. The van der Waals surface area contributed by atoms with Crippen molar-refractivity contribution in [1.82, 2.24) is 24.6 Å². The van der Waals surface area contributed by atoms with Crippen LogP contribution in [0.2, 0.25) is 0 Å². The molecule has 0 saturated carbocycles. The molecule has 0 aliphatic rings. The number of rotatable bonds is 7. The Hall–Kier alpha value is -3.82. The van der Waals surface area contributed by atoms with Gasteiger partial charge in [0.1, 0.15) is 17.2 Å². The molecule has 0 fully saturated rings. The van der Waals surface area contributed by atoms with Crippen LogP contribution in [-0.4, -0.2) is 46.1 Å². The summed E-state index contributed by atoms with van der Waals surface area (Å²) in [6, 6.07) is 10.0. The lowest BCUT2D eigenvalue weighted by atomic mass is 10.2. The maximum atomic E-state index is 12.4. The number of urea groups is 1. The van der Waals surface area contributed by atoms with Crippen LogP contribution in [0.1, 0.15) is 0 Å². The summed E-state index contributed by atoms with van der Waals surface area (Å²) < 4.78 is 13.1. The molecule has 2 amide bonds. The minimum absolute atomic E-state index is 0.211. The van der Waals surface area contributed by atoms with Crippen LogP contribution in [-0.2, 0) is 13.6 Å². The highest BCUT2D eigenvalue weighted by Gasteiger charge is 2.13. The molecule has 1 aromatic carbocycles. The van der Waals surface area contributed by atoms with Crippen molar-refractivity contribution in [3.63, 3.8) is 0 Å². The normalized spacial score (nSPS) is 10.4. The van der Waals surface area contributed by atoms with Crippen LogP contribution < -0.4 is 25.8 Å². The Kier molecular flexibility index (Phi) is 6.12. The molecule has 0 unspecified atom stereocenters. The zero-order valence-corrected chi connectivity index (χ0v) is 16.4. The molecule has 152 valence electrons. The fraction of sp³-hybridized carbons (Fsp3) is 0.263.